The van der Waals surface area contributed by atoms with Gasteiger partial charge in [0.25, 0.3) is 0 Å². The van der Waals surface area contributed by atoms with Gasteiger partial charge >= 0.3 is 0 Å². The van der Waals surface area contributed by atoms with Gasteiger partial charge in [-0.15, -0.1) is 0 Å². The molecule has 0 atom stereocenters. The van der Waals surface area contributed by atoms with E-state index in [1.54, 1.807) is 18.2 Å². The van der Waals surface area contributed by atoms with Gasteiger partial charge in [-0.05, 0) is 68.6 Å². The Morgan fingerprint density at radius 2 is 1.88 bits per heavy atom. The summed E-state index contributed by atoms with van der Waals surface area (Å²) in [6, 6.07) is 15.1. The second kappa shape index (κ2) is 8.57. The number of ketones is 1. The summed E-state index contributed by atoms with van der Waals surface area (Å²) >= 11 is 0. The van der Waals surface area contributed by atoms with Crippen molar-refractivity contribution in [3.63, 3.8) is 0 Å². The number of benzene rings is 2. The van der Waals surface area contributed by atoms with Crippen LogP contribution >= 0.6 is 0 Å². The van der Waals surface area contributed by atoms with Crippen molar-refractivity contribution in [1.29, 1.82) is 5.26 Å². The van der Waals surface area contributed by atoms with E-state index < -0.39 is 15.6 Å². The predicted molar refractivity (Wildman–Crippen MR) is 122 cm³/mol. The first kappa shape index (κ1) is 22.3. The Kier molecular flexibility index (Phi) is 5.97. The number of Topliss-reactive ketones (excluding diaryl/α,β-unsaturated/α-hetero) is 1. The molecule has 32 heavy (non-hydrogen) atoms. The molecule has 1 spiro atoms. The number of hydrogen-bond donors (Lipinski definition) is 1. The molecule has 0 saturated heterocycles. The third-order valence-electron chi connectivity index (χ3n) is 6.40. The fourth-order valence-electron chi connectivity index (χ4n) is 4.72. The maximum atomic E-state index is 12.9. The first-order valence-electron chi connectivity index (χ1n) is 10.7. The van der Waals surface area contributed by atoms with Crippen molar-refractivity contribution in [1.82, 2.24) is 4.90 Å². The van der Waals surface area contributed by atoms with Crippen LogP contribution in [0.2, 0.25) is 0 Å². The van der Waals surface area contributed by atoms with Gasteiger partial charge in [-0.25, -0.2) is 8.42 Å². The molecule has 2 aliphatic rings. The van der Waals surface area contributed by atoms with E-state index in [1.165, 1.54) is 5.56 Å². The minimum Gasteiger partial charge on any atom is -0.486 e. The van der Waals surface area contributed by atoms with Crippen molar-refractivity contribution >= 4 is 21.5 Å². The van der Waals surface area contributed by atoms with Crippen molar-refractivity contribution in [2.75, 3.05) is 18.0 Å². The molecule has 0 amide bonds. The highest BCUT2D eigenvalue weighted by atomic mass is 32.2. The van der Waals surface area contributed by atoms with Crippen LogP contribution in [0.4, 0.5) is 5.69 Å². The van der Waals surface area contributed by atoms with Crippen molar-refractivity contribution in [2.24, 2.45) is 0 Å². The fraction of sp³-hybridized carbons (Fsp3) is 0.417. The largest absolute Gasteiger partial charge is 0.486 e. The molecule has 7 nitrogen and oxygen atoms in total. The molecule has 0 radical (unpaired) electrons. The van der Waals surface area contributed by atoms with Crippen LogP contribution in [-0.2, 0) is 16.6 Å². The Morgan fingerprint density at radius 1 is 1.19 bits per heavy atom. The molecule has 168 valence electrons. The van der Waals surface area contributed by atoms with Crippen molar-refractivity contribution in [3.05, 3.63) is 59.2 Å². The monoisotopic (exact) mass is 453 g/mol. The number of rotatable bonds is 5. The lowest BCUT2D eigenvalue weighted by atomic mass is 9.76. The number of nitriles is 1. The third kappa shape index (κ3) is 4.95. The van der Waals surface area contributed by atoms with E-state index >= 15 is 0 Å². The molecule has 1 aliphatic carbocycles. The summed E-state index contributed by atoms with van der Waals surface area (Å²) in [7, 11) is -1.30. The lowest BCUT2D eigenvalue weighted by molar-refractivity contribution is -0.00634. The second-order valence-corrected chi connectivity index (χ2v) is 10.7. The Labute approximate surface area is 189 Å². The maximum Gasteiger partial charge on any atom is 0.229 e. The molecule has 1 heterocycles. The number of anilines is 1. The van der Waals surface area contributed by atoms with Crippen molar-refractivity contribution in [2.45, 2.75) is 50.3 Å². The first-order valence-corrected chi connectivity index (χ1v) is 12.6. The maximum absolute atomic E-state index is 12.9. The Hall–Kier alpha value is -2.89. The van der Waals surface area contributed by atoms with Crippen LogP contribution in [0, 0.1) is 11.3 Å². The number of sulfonamides is 1. The molecule has 8 heteroatoms. The standard InChI is InChI=1S/C24H27N3O4S/c1-27(16-18-5-3-17(15-25)4-6-18)20-9-11-24(12-10-20)14-22(28)21-13-19(26-32(2,29)30)7-8-23(21)31-24/h3-8,13,20,26H,9-12,14,16H2,1-2H3. The topological polar surface area (TPSA) is 99.5 Å². The average Bonchev–Trinajstić information content (AvgIpc) is 2.74. The van der Waals surface area contributed by atoms with E-state index in [4.69, 9.17) is 10.00 Å². The average molecular weight is 454 g/mol. The van der Waals surface area contributed by atoms with Gasteiger partial charge in [-0.1, -0.05) is 12.1 Å². The SMILES string of the molecule is CN(Cc1ccc(C#N)cc1)C1CCC2(CC1)CC(=O)c1cc(NS(C)(=O)=O)ccc1O2. The number of carbonyl (C=O) groups excluding carboxylic acids is 1. The van der Waals surface area contributed by atoms with Crippen LogP contribution < -0.4 is 9.46 Å². The Morgan fingerprint density at radius 3 is 2.50 bits per heavy atom. The highest BCUT2D eigenvalue weighted by molar-refractivity contribution is 7.92. The lowest BCUT2D eigenvalue weighted by Crippen LogP contribution is -2.48. The number of nitrogens with one attached hydrogen (secondary N) is 1. The van der Waals surface area contributed by atoms with Crippen LogP contribution in [0.25, 0.3) is 0 Å². The zero-order valence-electron chi connectivity index (χ0n) is 18.3. The van der Waals surface area contributed by atoms with Gasteiger partial charge in [0.2, 0.25) is 10.0 Å². The van der Waals surface area contributed by atoms with E-state index in [9.17, 15) is 13.2 Å². The number of hydrogen-bond acceptors (Lipinski definition) is 6. The molecular weight excluding hydrogens is 426 g/mol. The van der Waals surface area contributed by atoms with Gasteiger partial charge in [0.1, 0.15) is 11.4 Å². The number of carbonyl (C=O) groups is 1. The van der Waals surface area contributed by atoms with Gasteiger partial charge in [0, 0.05) is 18.3 Å². The summed E-state index contributed by atoms with van der Waals surface area (Å²) in [6.45, 7) is 0.808. The molecule has 2 aromatic rings. The van der Waals surface area contributed by atoms with E-state index in [1.807, 2.05) is 24.3 Å². The first-order chi connectivity index (χ1) is 15.2. The molecule has 0 unspecified atom stereocenters. The van der Waals surface area contributed by atoms with E-state index in [2.05, 4.69) is 22.7 Å². The van der Waals surface area contributed by atoms with E-state index in [0.717, 1.165) is 38.5 Å². The summed E-state index contributed by atoms with van der Waals surface area (Å²) in [4.78, 5) is 15.2. The summed E-state index contributed by atoms with van der Waals surface area (Å²) in [6.07, 6.45) is 4.85. The summed E-state index contributed by atoms with van der Waals surface area (Å²) in [5, 5.41) is 8.95. The van der Waals surface area contributed by atoms with Gasteiger partial charge < -0.3 is 4.74 Å². The Bertz CT molecular complexity index is 1160. The minimum atomic E-state index is -3.41. The second-order valence-electron chi connectivity index (χ2n) is 8.93. The Balaban J connectivity index is 1.40. The van der Waals surface area contributed by atoms with E-state index in [-0.39, 0.29) is 5.78 Å². The smallest absolute Gasteiger partial charge is 0.229 e. The molecule has 1 aliphatic heterocycles. The third-order valence-corrected chi connectivity index (χ3v) is 7.00. The molecule has 1 saturated carbocycles. The normalized spacial score (nSPS) is 22.8. The summed E-state index contributed by atoms with van der Waals surface area (Å²) in [5.74, 6) is 0.525. The van der Waals surface area contributed by atoms with Gasteiger partial charge in [0.05, 0.1) is 29.9 Å². The quantitative estimate of drug-likeness (QED) is 0.741. The highest BCUT2D eigenvalue weighted by Gasteiger charge is 2.43. The molecule has 4 rings (SSSR count). The van der Waals surface area contributed by atoms with Crippen LogP contribution in [-0.4, -0.2) is 44.0 Å². The molecule has 0 aromatic heterocycles. The zero-order chi connectivity index (χ0) is 22.9. The number of fused-ring (bicyclic) bond motifs is 1. The predicted octanol–water partition coefficient (Wildman–Crippen LogP) is 3.71. The van der Waals surface area contributed by atoms with Crippen molar-refractivity contribution in [3.8, 4) is 11.8 Å². The molecular formula is C24H27N3O4S. The zero-order valence-corrected chi connectivity index (χ0v) is 19.1. The van der Waals surface area contributed by atoms with Gasteiger partial charge in [0.15, 0.2) is 5.78 Å². The van der Waals surface area contributed by atoms with Crippen LogP contribution in [0.5, 0.6) is 5.75 Å². The molecule has 0 bridgehead atoms. The highest BCUT2D eigenvalue weighted by Crippen LogP contribution is 2.43. The number of nitrogens with zero attached hydrogens (tertiary/aromatic N) is 2. The summed E-state index contributed by atoms with van der Waals surface area (Å²) < 4.78 is 31.7. The van der Waals surface area contributed by atoms with Crippen LogP contribution in [0.1, 0.15) is 53.6 Å². The lowest BCUT2D eigenvalue weighted by Gasteiger charge is -2.44. The molecule has 2 aromatic carbocycles. The van der Waals surface area contributed by atoms with Crippen LogP contribution in [0.3, 0.4) is 0 Å². The van der Waals surface area contributed by atoms with Crippen LogP contribution in [0.15, 0.2) is 42.5 Å². The number of ether oxygens (including phenoxy) is 1. The fourth-order valence-corrected chi connectivity index (χ4v) is 5.28. The minimum absolute atomic E-state index is 0.00668. The molecule has 1 N–H and O–H groups in total. The van der Waals surface area contributed by atoms with Crippen molar-refractivity contribution < 1.29 is 17.9 Å². The van der Waals surface area contributed by atoms with E-state index in [0.29, 0.717) is 35.0 Å². The van der Waals surface area contributed by atoms with Gasteiger partial charge in [-0.3, -0.25) is 14.4 Å². The van der Waals surface area contributed by atoms with Gasteiger partial charge in [-0.2, -0.15) is 5.26 Å². The summed E-state index contributed by atoms with van der Waals surface area (Å²) in [5.41, 5.74) is 2.15. The molecule has 1 fully saturated rings.